The zero-order valence-electron chi connectivity index (χ0n) is 10.6. The van der Waals surface area contributed by atoms with Gasteiger partial charge in [-0.05, 0) is 52.2 Å². The molecule has 1 nitrogen and oxygen atoms in total. The van der Waals surface area contributed by atoms with Crippen molar-refractivity contribution in [3.63, 3.8) is 0 Å². The molecule has 4 heteroatoms. The molecule has 0 N–H and O–H groups in total. The first-order chi connectivity index (χ1) is 9.02. The number of methoxy groups -OCH3 is 1. The third-order valence-electron chi connectivity index (χ3n) is 2.89. The average molecular weight is 405 g/mol. The van der Waals surface area contributed by atoms with Gasteiger partial charge < -0.3 is 4.74 Å². The van der Waals surface area contributed by atoms with Crippen LogP contribution in [0.25, 0.3) is 0 Å². The zero-order chi connectivity index (χ0) is 14.0. The number of alkyl halides is 1. The van der Waals surface area contributed by atoms with Crippen LogP contribution in [0.2, 0.25) is 0 Å². The lowest BCUT2D eigenvalue weighted by atomic mass is 10.0. The first-order valence-electron chi connectivity index (χ1n) is 5.76. The van der Waals surface area contributed by atoms with Crippen molar-refractivity contribution < 1.29 is 4.74 Å². The summed E-state index contributed by atoms with van der Waals surface area (Å²) in [4.78, 5) is 0. The van der Waals surface area contributed by atoms with Crippen LogP contribution in [0.3, 0.4) is 0 Å². The number of benzene rings is 2. The van der Waals surface area contributed by atoms with Crippen LogP contribution in [0.1, 0.15) is 22.1 Å². The van der Waals surface area contributed by atoms with E-state index in [-0.39, 0.29) is 5.38 Å². The smallest absolute Gasteiger partial charge is 0.133 e. The molecule has 0 aliphatic rings. The Morgan fingerprint density at radius 3 is 2.42 bits per heavy atom. The molecule has 1 atom stereocenters. The highest BCUT2D eigenvalue weighted by atomic mass is 79.9. The van der Waals surface area contributed by atoms with Crippen LogP contribution in [0.5, 0.6) is 5.75 Å². The largest absolute Gasteiger partial charge is 0.496 e. The van der Waals surface area contributed by atoms with E-state index in [1.54, 1.807) is 7.11 Å². The summed E-state index contributed by atoms with van der Waals surface area (Å²) in [5.41, 5.74) is 3.29. The number of rotatable bonds is 3. The molecule has 1 unspecified atom stereocenters. The summed E-state index contributed by atoms with van der Waals surface area (Å²) in [7, 11) is 1.65. The molecule has 0 aliphatic heterocycles. The SMILES string of the molecule is COc1ccc(C(Cl)c2cc(C)ccc2Br)cc1Br. The highest BCUT2D eigenvalue weighted by Gasteiger charge is 2.15. The lowest BCUT2D eigenvalue weighted by molar-refractivity contribution is 0.412. The fourth-order valence-electron chi connectivity index (χ4n) is 1.88. The lowest BCUT2D eigenvalue weighted by Gasteiger charge is -2.14. The fourth-order valence-corrected chi connectivity index (χ4v) is 3.36. The second kappa shape index (κ2) is 6.29. The minimum absolute atomic E-state index is 0.198. The van der Waals surface area contributed by atoms with Crippen LogP contribution < -0.4 is 4.74 Å². The summed E-state index contributed by atoms with van der Waals surface area (Å²) in [5.74, 6) is 0.802. The first-order valence-corrected chi connectivity index (χ1v) is 7.78. The number of halogens is 3. The van der Waals surface area contributed by atoms with Crippen molar-refractivity contribution in [2.45, 2.75) is 12.3 Å². The van der Waals surface area contributed by atoms with Gasteiger partial charge in [0, 0.05) is 4.47 Å². The maximum atomic E-state index is 6.58. The van der Waals surface area contributed by atoms with Crippen molar-refractivity contribution in [2.75, 3.05) is 7.11 Å². The maximum Gasteiger partial charge on any atom is 0.133 e. The highest BCUT2D eigenvalue weighted by molar-refractivity contribution is 9.10. The maximum absolute atomic E-state index is 6.58. The molecular weight excluding hydrogens is 391 g/mol. The Morgan fingerprint density at radius 2 is 1.79 bits per heavy atom. The van der Waals surface area contributed by atoms with Crippen LogP contribution in [-0.4, -0.2) is 7.11 Å². The van der Waals surface area contributed by atoms with Crippen molar-refractivity contribution >= 4 is 43.5 Å². The molecule has 2 aromatic rings. The van der Waals surface area contributed by atoms with Gasteiger partial charge in [0.15, 0.2) is 0 Å². The van der Waals surface area contributed by atoms with E-state index >= 15 is 0 Å². The minimum Gasteiger partial charge on any atom is -0.496 e. The fraction of sp³-hybridized carbons (Fsp3) is 0.200. The summed E-state index contributed by atoms with van der Waals surface area (Å²) in [6, 6.07) is 12.1. The zero-order valence-corrected chi connectivity index (χ0v) is 14.5. The van der Waals surface area contributed by atoms with Gasteiger partial charge in [0.1, 0.15) is 5.75 Å². The second-order valence-corrected chi connectivity index (χ2v) is 6.43. The molecule has 19 heavy (non-hydrogen) atoms. The van der Waals surface area contributed by atoms with E-state index in [1.807, 2.05) is 24.3 Å². The normalized spacial score (nSPS) is 12.3. The van der Waals surface area contributed by atoms with Crippen molar-refractivity contribution in [1.82, 2.24) is 0 Å². The Balaban J connectivity index is 2.41. The summed E-state index contributed by atoms with van der Waals surface area (Å²) in [5, 5.41) is -0.198. The molecule has 0 spiro atoms. The molecule has 0 fully saturated rings. The van der Waals surface area contributed by atoms with Gasteiger partial charge in [0.25, 0.3) is 0 Å². The summed E-state index contributed by atoms with van der Waals surface area (Å²) >= 11 is 13.6. The molecule has 100 valence electrons. The molecule has 0 aromatic heterocycles. The van der Waals surface area contributed by atoms with Crippen LogP contribution in [0.4, 0.5) is 0 Å². The molecular formula is C15H13Br2ClO. The molecule has 0 bridgehead atoms. The Bertz CT molecular complexity index is 599. The van der Waals surface area contributed by atoms with Gasteiger partial charge in [-0.25, -0.2) is 0 Å². The van der Waals surface area contributed by atoms with Gasteiger partial charge in [0.05, 0.1) is 17.0 Å². The molecule has 0 radical (unpaired) electrons. The standard InChI is InChI=1S/C15H13Br2ClO/c1-9-3-5-12(16)11(7-9)15(18)10-4-6-14(19-2)13(17)8-10/h3-8,15H,1-2H3. The Labute approximate surface area is 135 Å². The van der Waals surface area contributed by atoms with E-state index in [1.165, 1.54) is 5.56 Å². The molecule has 2 rings (SSSR count). The highest BCUT2D eigenvalue weighted by Crippen LogP contribution is 2.37. The van der Waals surface area contributed by atoms with Gasteiger partial charge in [0.2, 0.25) is 0 Å². The van der Waals surface area contributed by atoms with E-state index in [0.29, 0.717) is 0 Å². The number of hydrogen-bond acceptors (Lipinski definition) is 1. The van der Waals surface area contributed by atoms with E-state index in [9.17, 15) is 0 Å². The average Bonchev–Trinajstić information content (AvgIpc) is 2.40. The molecule has 0 saturated carbocycles. The monoisotopic (exact) mass is 402 g/mol. The summed E-state index contributed by atoms with van der Waals surface area (Å²) < 4.78 is 7.15. The number of hydrogen-bond donors (Lipinski definition) is 0. The van der Waals surface area contributed by atoms with Crippen molar-refractivity contribution in [3.05, 3.63) is 62.0 Å². The van der Waals surface area contributed by atoms with Gasteiger partial charge >= 0.3 is 0 Å². The third kappa shape index (κ3) is 3.33. The van der Waals surface area contributed by atoms with E-state index in [4.69, 9.17) is 16.3 Å². The molecule has 0 heterocycles. The topological polar surface area (TPSA) is 9.23 Å². The molecule has 0 saturated heterocycles. The first kappa shape index (κ1) is 14.9. The van der Waals surface area contributed by atoms with Gasteiger partial charge in [-0.15, -0.1) is 11.6 Å². The Morgan fingerprint density at radius 1 is 1.05 bits per heavy atom. The van der Waals surface area contributed by atoms with Crippen molar-refractivity contribution in [3.8, 4) is 5.75 Å². The van der Waals surface area contributed by atoms with E-state index in [2.05, 4.69) is 50.9 Å². The van der Waals surface area contributed by atoms with Gasteiger partial charge in [-0.1, -0.05) is 39.7 Å². The number of ether oxygens (including phenoxy) is 1. The van der Waals surface area contributed by atoms with Crippen molar-refractivity contribution in [1.29, 1.82) is 0 Å². The lowest BCUT2D eigenvalue weighted by Crippen LogP contribution is -1.96. The second-order valence-electron chi connectivity index (χ2n) is 4.28. The summed E-state index contributed by atoms with van der Waals surface area (Å²) in [6.07, 6.45) is 0. The third-order valence-corrected chi connectivity index (χ3v) is 4.72. The van der Waals surface area contributed by atoms with Crippen molar-refractivity contribution in [2.24, 2.45) is 0 Å². The predicted molar refractivity (Wildman–Crippen MR) is 87.3 cm³/mol. The molecule has 0 aliphatic carbocycles. The van der Waals surface area contributed by atoms with Crippen LogP contribution in [-0.2, 0) is 0 Å². The minimum atomic E-state index is -0.198. The van der Waals surface area contributed by atoms with Gasteiger partial charge in [-0.2, -0.15) is 0 Å². The summed E-state index contributed by atoms with van der Waals surface area (Å²) in [6.45, 7) is 2.06. The predicted octanol–water partition coefficient (Wildman–Crippen LogP) is 5.86. The van der Waals surface area contributed by atoms with E-state index < -0.39 is 0 Å². The van der Waals surface area contributed by atoms with Crippen LogP contribution >= 0.6 is 43.5 Å². The quantitative estimate of drug-likeness (QED) is 0.583. The van der Waals surface area contributed by atoms with E-state index in [0.717, 1.165) is 25.8 Å². The Kier molecular flexibility index (Phi) is 4.93. The molecule has 0 amide bonds. The van der Waals surface area contributed by atoms with Crippen LogP contribution in [0.15, 0.2) is 45.3 Å². The molecule has 2 aromatic carbocycles. The van der Waals surface area contributed by atoms with Crippen LogP contribution in [0, 0.1) is 6.92 Å². The Hall–Kier alpha value is -0.510. The van der Waals surface area contributed by atoms with Gasteiger partial charge in [-0.3, -0.25) is 0 Å². The number of aryl methyl sites for hydroxylation is 1.